The predicted molar refractivity (Wildman–Crippen MR) is 96.5 cm³/mol. The highest BCUT2D eigenvalue weighted by molar-refractivity contribution is 7.91. The molecule has 2 atom stereocenters. The number of likely N-dealkylation sites (tertiary alicyclic amines) is 1. The number of hydrogen-bond donors (Lipinski definition) is 1. The van der Waals surface area contributed by atoms with E-state index < -0.39 is 9.84 Å². The van der Waals surface area contributed by atoms with E-state index in [1.54, 1.807) is 7.11 Å². The molecule has 2 fully saturated rings. The number of sulfone groups is 1. The third-order valence-corrected chi connectivity index (χ3v) is 6.84. The van der Waals surface area contributed by atoms with Crippen LogP contribution in [0.5, 0.6) is 5.75 Å². The van der Waals surface area contributed by atoms with E-state index in [9.17, 15) is 13.2 Å². The van der Waals surface area contributed by atoms with E-state index >= 15 is 0 Å². The van der Waals surface area contributed by atoms with E-state index in [0.717, 1.165) is 37.0 Å². The van der Waals surface area contributed by atoms with Gasteiger partial charge in [0.25, 0.3) is 0 Å². The number of amides is 2. The van der Waals surface area contributed by atoms with Gasteiger partial charge in [0.05, 0.1) is 24.7 Å². The van der Waals surface area contributed by atoms with E-state index in [1.807, 2.05) is 29.2 Å². The van der Waals surface area contributed by atoms with E-state index in [1.165, 1.54) is 0 Å². The van der Waals surface area contributed by atoms with E-state index in [4.69, 9.17) is 4.74 Å². The summed E-state index contributed by atoms with van der Waals surface area (Å²) < 4.78 is 28.5. The summed E-state index contributed by atoms with van der Waals surface area (Å²) in [5.41, 5.74) is 1.09. The Bertz CT molecular complexity index is 702. The number of methoxy groups -OCH3 is 1. The number of rotatable bonds is 3. The van der Waals surface area contributed by atoms with E-state index in [-0.39, 0.29) is 29.6 Å². The Morgan fingerprint density at radius 2 is 1.92 bits per heavy atom. The van der Waals surface area contributed by atoms with Gasteiger partial charge < -0.3 is 15.0 Å². The highest BCUT2D eigenvalue weighted by atomic mass is 32.2. The van der Waals surface area contributed by atoms with Crippen molar-refractivity contribution < 1.29 is 17.9 Å². The summed E-state index contributed by atoms with van der Waals surface area (Å²) in [4.78, 5) is 14.7. The van der Waals surface area contributed by atoms with Gasteiger partial charge in [-0.15, -0.1) is 0 Å². The zero-order chi connectivity index (χ0) is 17.9. The van der Waals surface area contributed by atoms with Gasteiger partial charge in [-0.2, -0.15) is 0 Å². The molecule has 2 amide bonds. The zero-order valence-electron chi connectivity index (χ0n) is 14.6. The number of nitrogens with one attached hydrogen (secondary N) is 1. The smallest absolute Gasteiger partial charge is 0.318 e. The Labute approximate surface area is 149 Å². The molecule has 1 aromatic carbocycles. The van der Waals surface area contributed by atoms with Gasteiger partial charge in [0.15, 0.2) is 9.84 Å². The standard InChI is InChI=1S/C18H26N2O4S/c1-24-16-8-6-14(7-9-16)17-5-3-2-4-11-20(17)18(21)19-15-10-12-25(22,23)13-15/h6-9,15,17H,2-5,10-13H2,1H3,(H,19,21)/t15-,17+/m1/s1. The van der Waals surface area contributed by atoms with Crippen molar-refractivity contribution in [1.82, 2.24) is 10.2 Å². The Hall–Kier alpha value is -1.76. The normalized spacial score (nSPS) is 26.0. The third-order valence-electron chi connectivity index (χ3n) is 5.07. The van der Waals surface area contributed by atoms with Crippen LogP contribution in [0, 0.1) is 0 Å². The molecule has 138 valence electrons. The highest BCUT2D eigenvalue weighted by Gasteiger charge is 2.32. The summed E-state index contributed by atoms with van der Waals surface area (Å²) in [6.07, 6.45) is 4.59. The number of nitrogens with zero attached hydrogens (tertiary/aromatic N) is 1. The van der Waals surface area contributed by atoms with Crippen LogP contribution in [0.25, 0.3) is 0 Å². The van der Waals surface area contributed by atoms with E-state index in [2.05, 4.69) is 5.32 Å². The van der Waals surface area contributed by atoms with Gasteiger partial charge in [-0.05, 0) is 37.0 Å². The molecule has 2 heterocycles. The number of ether oxygens (including phenoxy) is 1. The molecule has 2 aliphatic rings. The fourth-order valence-corrected chi connectivity index (χ4v) is 5.36. The number of carbonyl (C=O) groups is 1. The van der Waals surface area contributed by atoms with Gasteiger partial charge in [-0.25, -0.2) is 13.2 Å². The average Bonchev–Trinajstić information content (AvgIpc) is 2.80. The second kappa shape index (κ2) is 7.64. The second-order valence-corrected chi connectivity index (χ2v) is 9.11. The minimum atomic E-state index is -3.00. The Balaban J connectivity index is 1.74. The lowest BCUT2D eigenvalue weighted by Crippen LogP contribution is -2.46. The molecule has 0 radical (unpaired) electrons. The largest absolute Gasteiger partial charge is 0.497 e. The van der Waals surface area contributed by atoms with Gasteiger partial charge in [-0.1, -0.05) is 25.0 Å². The van der Waals surface area contributed by atoms with Gasteiger partial charge in [0, 0.05) is 12.6 Å². The van der Waals surface area contributed by atoms with Gasteiger partial charge in [-0.3, -0.25) is 0 Å². The van der Waals surface area contributed by atoms with Crippen LogP contribution >= 0.6 is 0 Å². The van der Waals surface area contributed by atoms with Crippen LogP contribution in [0.3, 0.4) is 0 Å². The molecule has 2 aliphatic heterocycles. The molecule has 2 saturated heterocycles. The van der Waals surface area contributed by atoms with Gasteiger partial charge in [0.2, 0.25) is 0 Å². The Morgan fingerprint density at radius 1 is 1.16 bits per heavy atom. The topological polar surface area (TPSA) is 75.7 Å². The minimum absolute atomic E-state index is 0.0198. The van der Waals surface area contributed by atoms with Crippen LogP contribution < -0.4 is 10.1 Å². The molecule has 1 N–H and O–H groups in total. The maximum absolute atomic E-state index is 12.8. The summed E-state index contributed by atoms with van der Waals surface area (Å²) in [5, 5.41) is 2.94. The second-order valence-electron chi connectivity index (χ2n) is 6.88. The first-order chi connectivity index (χ1) is 12.0. The summed E-state index contributed by atoms with van der Waals surface area (Å²) in [6, 6.07) is 7.46. The molecule has 25 heavy (non-hydrogen) atoms. The molecule has 0 aliphatic carbocycles. The summed E-state index contributed by atoms with van der Waals surface area (Å²) >= 11 is 0. The molecule has 6 nitrogen and oxygen atoms in total. The predicted octanol–water partition coefficient (Wildman–Crippen LogP) is 2.51. The third kappa shape index (κ3) is 4.45. The van der Waals surface area contributed by atoms with Gasteiger partial charge in [0.1, 0.15) is 5.75 Å². The molecular weight excluding hydrogens is 340 g/mol. The van der Waals surface area contributed by atoms with Crippen molar-refractivity contribution in [2.24, 2.45) is 0 Å². The van der Waals surface area contributed by atoms with Crippen molar-refractivity contribution >= 4 is 15.9 Å². The fourth-order valence-electron chi connectivity index (χ4n) is 3.69. The molecule has 7 heteroatoms. The van der Waals surface area contributed by atoms with Crippen molar-refractivity contribution in [3.63, 3.8) is 0 Å². The monoisotopic (exact) mass is 366 g/mol. The van der Waals surface area contributed by atoms with Crippen molar-refractivity contribution in [2.45, 2.75) is 44.2 Å². The van der Waals surface area contributed by atoms with Crippen LogP contribution in [0.1, 0.15) is 43.7 Å². The zero-order valence-corrected chi connectivity index (χ0v) is 15.4. The lowest BCUT2D eigenvalue weighted by Gasteiger charge is -2.31. The summed E-state index contributed by atoms with van der Waals surface area (Å²) in [5.74, 6) is 1.02. The number of urea groups is 1. The number of carbonyl (C=O) groups excluding carboxylic acids is 1. The van der Waals surface area contributed by atoms with Crippen LogP contribution in [0.15, 0.2) is 24.3 Å². The van der Waals surface area contributed by atoms with Crippen LogP contribution in [0.2, 0.25) is 0 Å². The lowest BCUT2D eigenvalue weighted by atomic mass is 10.0. The molecule has 0 saturated carbocycles. The highest BCUT2D eigenvalue weighted by Crippen LogP contribution is 2.31. The molecular formula is C18H26N2O4S. The molecule has 0 spiro atoms. The van der Waals surface area contributed by atoms with Crippen molar-refractivity contribution in [3.05, 3.63) is 29.8 Å². The Kier molecular flexibility index (Phi) is 5.51. The minimum Gasteiger partial charge on any atom is -0.497 e. The summed E-state index contributed by atoms with van der Waals surface area (Å²) in [6.45, 7) is 0.696. The summed E-state index contributed by atoms with van der Waals surface area (Å²) in [7, 11) is -1.36. The molecule has 0 unspecified atom stereocenters. The first-order valence-electron chi connectivity index (χ1n) is 8.90. The maximum Gasteiger partial charge on any atom is 0.318 e. The SMILES string of the molecule is COc1ccc([C@@H]2CCCCCN2C(=O)N[C@@H]2CCS(=O)(=O)C2)cc1. The first kappa shape index (κ1) is 18.0. The van der Waals surface area contributed by atoms with Crippen LogP contribution in [0.4, 0.5) is 4.79 Å². The quantitative estimate of drug-likeness (QED) is 0.892. The number of hydrogen-bond acceptors (Lipinski definition) is 4. The lowest BCUT2D eigenvalue weighted by molar-refractivity contribution is 0.173. The van der Waals surface area contributed by atoms with Crippen molar-refractivity contribution in [1.29, 1.82) is 0 Å². The molecule has 3 rings (SSSR count). The van der Waals surface area contributed by atoms with Crippen LogP contribution in [-0.2, 0) is 9.84 Å². The Morgan fingerprint density at radius 3 is 2.56 bits per heavy atom. The van der Waals surface area contributed by atoms with Crippen molar-refractivity contribution in [3.8, 4) is 5.75 Å². The fraction of sp³-hybridized carbons (Fsp3) is 0.611. The molecule has 0 aromatic heterocycles. The van der Waals surface area contributed by atoms with Crippen molar-refractivity contribution in [2.75, 3.05) is 25.2 Å². The number of benzene rings is 1. The molecule has 1 aromatic rings. The van der Waals surface area contributed by atoms with Crippen LogP contribution in [-0.4, -0.2) is 50.6 Å². The van der Waals surface area contributed by atoms with E-state index in [0.29, 0.717) is 13.0 Å². The maximum atomic E-state index is 12.8. The van der Waals surface area contributed by atoms with Gasteiger partial charge >= 0.3 is 6.03 Å². The molecule has 0 bridgehead atoms. The first-order valence-corrected chi connectivity index (χ1v) is 10.7. The average molecular weight is 366 g/mol.